The molecule has 1 heterocycles. The monoisotopic (exact) mass is 327 g/mol. The van der Waals surface area contributed by atoms with E-state index in [-0.39, 0.29) is 11.2 Å². The lowest BCUT2D eigenvalue weighted by molar-refractivity contribution is 0.0997. The van der Waals surface area contributed by atoms with Crippen molar-refractivity contribution in [3.8, 4) is 0 Å². The van der Waals surface area contributed by atoms with Crippen LogP contribution < -0.4 is 10.7 Å². The van der Waals surface area contributed by atoms with Crippen molar-refractivity contribution in [1.29, 1.82) is 0 Å². The highest BCUT2D eigenvalue weighted by Gasteiger charge is 2.14. The fourth-order valence-corrected chi connectivity index (χ4v) is 2.51. The normalized spacial score (nSPS) is 10.7. The first-order valence-electron chi connectivity index (χ1n) is 7.06. The topological polar surface area (TPSA) is 59.3 Å². The molecular formula is C18H14ClNO3. The Kier molecular flexibility index (Phi) is 3.92. The highest BCUT2D eigenvalue weighted by atomic mass is 35.5. The number of amides is 1. The zero-order chi connectivity index (χ0) is 16.6. The maximum absolute atomic E-state index is 12.3. The molecule has 0 unspecified atom stereocenters. The minimum Gasteiger partial charge on any atom is -0.450 e. The largest absolute Gasteiger partial charge is 0.450 e. The second-order valence-corrected chi connectivity index (χ2v) is 5.76. The second-order valence-electron chi connectivity index (χ2n) is 5.32. The third kappa shape index (κ3) is 2.98. The van der Waals surface area contributed by atoms with E-state index in [4.69, 9.17) is 16.0 Å². The first kappa shape index (κ1) is 15.3. The summed E-state index contributed by atoms with van der Waals surface area (Å²) in [4.78, 5) is 24.5. The minimum absolute atomic E-state index is 0.0313. The van der Waals surface area contributed by atoms with Gasteiger partial charge in [-0.2, -0.15) is 0 Å². The van der Waals surface area contributed by atoms with E-state index >= 15 is 0 Å². The van der Waals surface area contributed by atoms with Gasteiger partial charge >= 0.3 is 0 Å². The van der Waals surface area contributed by atoms with E-state index in [9.17, 15) is 9.59 Å². The molecule has 0 saturated carbocycles. The number of aryl methyl sites for hydroxylation is 2. The smallest absolute Gasteiger partial charge is 0.291 e. The molecule has 0 saturated heterocycles. The molecule has 0 radical (unpaired) electrons. The van der Waals surface area contributed by atoms with E-state index < -0.39 is 5.91 Å². The molecule has 5 heteroatoms. The van der Waals surface area contributed by atoms with Crippen molar-refractivity contribution < 1.29 is 9.21 Å². The summed E-state index contributed by atoms with van der Waals surface area (Å²) in [5.41, 5.74) is 2.57. The van der Waals surface area contributed by atoms with Crippen LogP contribution in [0.25, 0.3) is 11.0 Å². The molecule has 3 aromatic rings. The molecule has 1 amide bonds. The number of anilines is 1. The summed E-state index contributed by atoms with van der Waals surface area (Å²) in [6, 6.07) is 11.5. The van der Waals surface area contributed by atoms with Crippen LogP contribution in [0, 0.1) is 13.8 Å². The van der Waals surface area contributed by atoms with Crippen LogP contribution in [-0.4, -0.2) is 5.91 Å². The number of carbonyl (C=O) groups excluding carboxylic acids is 1. The number of fused-ring (bicyclic) bond motifs is 1. The van der Waals surface area contributed by atoms with Gasteiger partial charge in [0.25, 0.3) is 5.91 Å². The standard InChI is InChI=1S/C18H14ClNO3/c1-10-6-7-14-15(21)9-16(23-17(14)11(10)2)18(22)20-13-5-3-4-12(19)8-13/h3-9H,1-2H3,(H,20,22). The predicted octanol–water partition coefficient (Wildman–Crippen LogP) is 4.32. The summed E-state index contributed by atoms with van der Waals surface area (Å²) >= 11 is 5.89. The van der Waals surface area contributed by atoms with Gasteiger partial charge in [0.05, 0.1) is 5.39 Å². The van der Waals surface area contributed by atoms with Crippen molar-refractivity contribution in [3.05, 3.63) is 74.6 Å². The van der Waals surface area contributed by atoms with Crippen LogP contribution in [0.15, 0.2) is 51.7 Å². The number of rotatable bonds is 2. The summed E-state index contributed by atoms with van der Waals surface area (Å²) < 4.78 is 5.67. The Labute approximate surface area is 137 Å². The van der Waals surface area contributed by atoms with E-state index in [0.29, 0.717) is 21.7 Å². The van der Waals surface area contributed by atoms with Gasteiger partial charge in [-0.05, 0) is 49.2 Å². The first-order valence-corrected chi connectivity index (χ1v) is 7.44. The van der Waals surface area contributed by atoms with Crippen LogP contribution in [0.1, 0.15) is 21.7 Å². The van der Waals surface area contributed by atoms with Gasteiger partial charge in [0.2, 0.25) is 0 Å². The van der Waals surface area contributed by atoms with Gasteiger partial charge in [0.15, 0.2) is 11.2 Å². The molecule has 0 atom stereocenters. The van der Waals surface area contributed by atoms with Crippen LogP contribution >= 0.6 is 11.6 Å². The average Bonchev–Trinajstić information content (AvgIpc) is 2.51. The molecule has 23 heavy (non-hydrogen) atoms. The maximum Gasteiger partial charge on any atom is 0.291 e. The molecule has 4 nitrogen and oxygen atoms in total. The molecule has 0 aliphatic carbocycles. The minimum atomic E-state index is -0.493. The Morgan fingerprint density at radius 2 is 1.91 bits per heavy atom. The van der Waals surface area contributed by atoms with E-state index in [2.05, 4.69) is 5.32 Å². The fourth-order valence-electron chi connectivity index (χ4n) is 2.32. The van der Waals surface area contributed by atoms with Crippen molar-refractivity contribution >= 4 is 34.2 Å². The van der Waals surface area contributed by atoms with Crippen LogP contribution in [-0.2, 0) is 0 Å². The van der Waals surface area contributed by atoms with Crippen molar-refractivity contribution in [2.24, 2.45) is 0 Å². The van der Waals surface area contributed by atoms with Crippen LogP contribution in [0.5, 0.6) is 0 Å². The van der Waals surface area contributed by atoms with Gasteiger partial charge in [0, 0.05) is 16.8 Å². The van der Waals surface area contributed by atoms with Gasteiger partial charge in [-0.3, -0.25) is 9.59 Å². The molecule has 3 rings (SSSR count). The quantitative estimate of drug-likeness (QED) is 0.762. The summed E-state index contributed by atoms with van der Waals surface area (Å²) in [6.07, 6.45) is 0. The predicted molar refractivity (Wildman–Crippen MR) is 91.4 cm³/mol. The van der Waals surface area contributed by atoms with Crippen LogP contribution in [0.3, 0.4) is 0 Å². The van der Waals surface area contributed by atoms with Gasteiger partial charge in [-0.15, -0.1) is 0 Å². The van der Waals surface area contributed by atoms with Crippen molar-refractivity contribution in [2.45, 2.75) is 13.8 Å². The average molecular weight is 328 g/mol. The Balaban J connectivity index is 2.04. The van der Waals surface area contributed by atoms with Gasteiger partial charge in [-0.25, -0.2) is 0 Å². The Hall–Kier alpha value is -2.59. The number of hydrogen-bond acceptors (Lipinski definition) is 3. The highest BCUT2D eigenvalue weighted by molar-refractivity contribution is 6.30. The third-order valence-electron chi connectivity index (χ3n) is 3.72. The summed E-state index contributed by atoms with van der Waals surface area (Å²) in [5.74, 6) is -0.525. The molecular weight excluding hydrogens is 314 g/mol. The summed E-state index contributed by atoms with van der Waals surface area (Å²) in [6.45, 7) is 3.78. The Morgan fingerprint density at radius 1 is 1.13 bits per heavy atom. The van der Waals surface area contributed by atoms with Crippen molar-refractivity contribution in [1.82, 2.24) is 0 Å². The molecule has 0 fully saturated rings. The van der Waals surface area contributed by atoms with Crippen LogP contribution in [0.4, 0.5) is 5.69 Å². The van der Waals surface area contributed by atoms with Crippen LogP contribution in [0.2, 0.25) is 5.02 Å². The SMILES string of the molecule is Cc1ccc2c(=O)cc(C(=O)Nc3cccc(Cl)c3)oc2c1C. The number of halogens is 1. The van der Waals surface area contributed by atoms with Gasteiger partial charge in [-0.1, -0.05) is 23.7 Å². The molecule has 1 N–H and O–H groups in total. The molecule has 0 aliphatic heterocycles. The molecule has 1 aromatic heterocycles. The molecule has 0 aliphatic rings. The molecule has 0 spiro atoms. The van der Waals surface area contributed by atoms with Crippen molar-refractivity contribution in [2.75, 3.05) is 5.32 Å². The van der Waals surface area contributed by atoms with Gasteiger partial charge in [0.1, 0.15) is 5.58 Å². The highest BCUT2D eigenvalue weighted by Crippen LogP contribution is 2.21. The molecule has 2 aromatic carbocycles. The van der Waals surface area contributed by atoms with E-state index in [1.165, 1.54) is 6.07 Å². The summed E-state index contributed by atoms with van der Waals surface area (Å²) in [7, 11) is 0. The zero-order valence-corrected chi connectivity index (χ0v) is 13.4. The zero-order valence-electron chi connectivity index (χ0n) is 12.6. The third-order valence-corrected chi connectivity index (χ3v) is 3.96. The number of hydrogen-bond donors (Lipinski definition) is 1. The number of carbonyl (C=O) groups is 1. The number of nitrogens with one attached hydrogen (secondary N) is 1. The molecule has 116 valence electrons. The first-order chi connectivity index (χ1) is 11.0. The Morgan fingerprint density at radius 3 is 2.65 bits per heavy atom. The van der Waals surface area contributed by atoms with E-state index in [1.54, 1.807) is 30.3 Å². The molecule has 0 bridgehead atoms. The number of benzene rings is 2. The second kappa shape index (κ2) is 5.89. The van der Waals surface area contributed by atoms with Gasteiger partial charge < -0.3 is 9.73 Å². The summed E-state index contributed by atoms with van der Waals surface area (Å²) in [5, 5.41) is 3.64. The van der Waals surface area contributed by atoms with E-state index in [1.807, 2.05) is 19.9 Å². The fraction of sp³-hybridized carbons (Fsp3) is 0.111. The lowest BCUT2D eigenvalue weighted by atomic mass is 10.1. The Bertz CT molecular complexity index is 976. The van der Waals surface area contributed by atoms with E-state index in [0.717, 1.165) is 11.1 Å². The maximum atomic E-state index is 12.3. The lowest BCUT2D eigenvalue weighted by Crippen LogP contribution is -2.15. The lowest BCUT2D eigenvalue weighted by Gasteiger charge is -2.08. The van der Waals surface area contributed by atoms with Crippen molar-refractivity contribution in [3.63, 3.8) is 0 Å².